The minimum Gasteiger partial charge on any atom is -0.326 e. The summed E-state index contributed by atoms with van der Waals surface area (Å²) in [4.78, 5) is -0.0831. The molecule has 0 aliphatic heterocycles. The van der Waals surface area contributed by atoms with E-state index in [2.05, 4.69) is 4.72 Å². The van der Waals surface area contributed by atoms with Crippen molar-refractivity contribution in [2.24, 2.45) is 5.73 Å². The first-order valence-electron chi connectivity index (χ1n) is 5.42. The molecule has 3 N–H and O–H groups in total. The van der Waals surface area contributed by atoms with Crippen LogP contribution in [0.1, 0.15) is 25.8 Å². The Bertz CT molecular complexity index is 488. The Morgan fingerprint density at radius 2 is 2.12 bits per heavy atom. The van der Waals surface area contributed by atoms with Crippen molar-refractivity contribution in [3.05, 3.63) is 29.6 Å². The Hall–Kier alpha value is -0.980. The molecule has 1 aromatic carbocycles. The Morgan fingerprint density at radius 1 is 1.47 bits per heavy atom. The van der Waals surface area contributed by atoms with E-state index in [1.807, 2.05) is 6.92 Å². The largest absolute Gasteiger partial charge is 0.326 e. The molecule has 4 nitrogen and oxygen atoms in total. The van der Waals surface area contributed by atoms with Crippen LogP contribution in [0.5, 0.6) is 0 Å². The van der Waals surface area contributed by atoms with Crippen LogP contribution in [0.15, 0.2) is 23.1 Å². The lowest BCUT2D eigenvalue weighted by Crippen LogP contribution is -2.33. The van der Waals surface area contributed by atoms with Crippen molar-refractivity contribution >= 4 is 10.0 Å². The van der Waals surface area contributed by atoms with E-state index in [-0.39, 0.29) is 23.0 Å². The highest BCUT2D eigenvalue weighted by molar-refractivity contribution is 7.89. The van der Waals surface area contributed by atoms with E-state index in [0.717, 1.165) is 0 Å². The quantitative estimate of drug-likeness (QED) is 0.839. The Kier molecular flexibility index (Phi) is 4.62. The van der Waals surface area contributed by atoms with E-state index in [0.29, 0.717) is 6.42 Å². The van der Waals surface area contributed by atoms with Gasteiger partial charge in [-0.15, -0.1) is 0 Å². The molecule has 0 bridgehead atoms. The lowest BCUT2D eigenvalue weighted by molar-refractivity contribution is 0.550. The maximum atomic E-state index is 13.4. The SMILES string of the molecule is CCC(C)NS(=O)(=O)c1cccc(F)c1CN. The summed E-state index contributed by atoms with van der Waals surface area (Å²) in [6, 6.07) is 3.72. The van der Waals surface area contributed by atoms with Crippen molar-refractivity contribution in [1.29, 1.82) is 0 Å². The highest BCUT2D eigenvalue weighted by atomic mass is 32.2. The maximum absolute atomic E-state index is 13.4. The van der Waals surface area contributed by atoms with Gasteiger partial charge >= 0.3 is 0 Å². The molecule has 0 saturated carbocycles. The van der Waals surface area contributed by atoms with Crippen molar-refractivity contribution in [2.75, 3.05) is 0 Å². The smallest absolute Gasteiger partial charge is 0.241 e. The molecule has 1 atom stereocenters. The van der Waals surface area contributed by atoms with Gasteiger partial charge in [0.05, 0.1) is 4.90 Å². The molecule has 0 aromatic heterocycles. The van der Waals surface area contributed by atoms with Crippen molar-refractivity contribution in [2.45, 2.75) is 37.8 Å². The second kappa shape index (κ2) is 5.57. The monoisotopic (exact) mass is 260 g/mol. The van der Waals surface area contributed by atoms with Gasteiger partial charge in [-0.3, -0.25) is 0 Å². The fraction of sp³-hybridized carbons (Fsp3) is 0.455. The molecule has 0 spiro atoms. The molecule has 6 heteroatoms. The topological polar surface area (TPSA) is 72.2 Å². The number of rotatable bonds is 5. The van der Waals surface area contributed by atoms with Crippen LogP contribution >= 0.6 is 0 Å². The first kappa shape index (κ1) is 14.1. The average Bonchev–Trinajstić information content (AvgIpc) is 2.28. The summed E-state index contributed by atoms with van der Waals surface area (Å²) in [6.45, 7) is 3.46. The first-order chi connectivity index (χ1) is 7.92. The van der Waals surface area contributed by atoms with Crippen LogP contribution in [0, 0.1) is 5.82 Å². The van der Waals surface area contributed by atoms with Gasteiger partial charge in [0.1, 0.15) is 5.82 Å². The van der Waals surface area contributed by atoms with Crippen LogP contribution < -0.4 is 10.5 Å². The van der Waals surface area contributed by atoms with Gasteiger partial charge in [-0.1, -0.05) is 13.0 Å². The zero-order valence-corrected chi connectivity index (χ0v) is 10.7. The summed E-state index contributed by atoms with van der Waals surface area (Å²) in [6.07, 6.45) is 0.659. The second-order valence-electron chi connectivity index (χ2n) is 3.85. The van der Waals surface area contributed by atoms with Gasteiger partial charge in [-0.05, 0) is 25.5 Å². The van der Waals surface area contributed by atoms with Gasteiger partial charge in [-0.2, -0.15) is 0 Å². The van der Waals surface area contributed by atoms with E-state index in [1.54, 1.807) is 6.92 Å². The zero-order chi connectivity index (χ0) is 13.1. The van der Waals surface area contributed by atoms with E-state index in [1.165, 1.54) is 18.2 Å². The summed E-state index contributed by atoms with van der Waals surface area (Å²) in [5.74, 6) is -0.598. The number of nitrogens with two attached hydrogens (primary N) is 1. The average molecular weight is 260 g/mol. The third kappa shape index (κ3) is 3.24. The van der Waals surface area contributed by atoms with Gasteiger partial charge in [0.25, 0.3) is 0 Å². The number of hydrogen-bond acceptors (Lipinski definition) is 3. The van der Waals surface area contributed by atoms with Crippen molar-refractivity contribution in [3.63, 3.8) is 0 Å². The molecular formula is C11H17FN2O2S. The van der Waals surface area contributed by atoms with Gasteiger partial charge in [-0.25, -0.2) is 17.5 Å². The molecule has 0 amide bonds. The summed E-state index contributed by atoms with van der Waals surface area (Å²) in [5, 5.41) is 0. The molecule has 0 saturated heterocycles. The summed E-state index contributed by atoms with van der Waals surface area (Å²) in [5.41, 5.74) is 5.40. The molecule has 0 aliphatic rings. The number of nitrogens with one attached hydrogen (secondary N) is 1. The van der Waals surface area contributed by atoms with E-state index in [9.17, 15) is 12.8 Å². The lowest BCUT2D eigenvalue weighted by atomic mass is 10.2. The molecule has 96 valence electrons. The third-order valence-electron chi connectivity index (χ3n) is 2.54. The molecule has 17 heavy (non-hydrogen) atoms. The first-order valence-corrected chi connectivity index (χ1v) is 6.90. The Morgan fingerprint density at radius 3 is 2.65 bits per heavy atom. The summed E-state index contributed by atoms with van der Waals surface area (Å²) in [7, 11) is -3.71. The summed E-state index contributed by atoms with van der Waals surface area (Å²) < 4.78 is 39.9. The molecule has 0 heterocycles. The second-order valence-corrected chi connectivity index (χ2v) is 5.53. The fourth-order valence-electron chi connectivity index (χ4n) is 1.40. The molecule has 0 fully saturated rings. The van der Waals surface area contributed by atoms with Gasteiger partial charge in [0, 0.05) is 18.2 Å². The van der Waals surface area contributed by atoms with Crippen molar-refractivity contribution in [3.8, 4) is 0 Å². The molecule has 0 radical (unpaired) electrons. The maximum Gasteiger partial charge on any atom is 0.241 e. The molecular weight excluding hydrogens is 243 g/mol. The molecule has 0 aliphatic carbocycles. The highest BCUT2D eigenvalue weighted by Gasteiger charge is 2.21. The van der Waals surface area contributed by atoms with Crippen LogP contribution in [0.4, 0.5) is 4.39 Å². The number of halogens is 1. The van der Waals surface area contributed by atoms with Gasteiger partial charge in [0.2, 0.25) is 10.0 Å². The lowest BCUT2D eigenvalue weighted by Gasteiger charge is -2.14. The van der Waals surface area contributed by atoms with Crippen molar-refractivity contribution in [1.82, 2.24) is 4.72 Å². The molecule has 1 aromatic rings. The van der Waals surface area contributed by atoms with Gasteiger partial charge in [0.15, 0.2) is 0 Å². The van der Waals surface area contributed by atoms with E-state index >= 15 is 0 Å². The van der Waals surface area contributed by atoms with E-state index < -0.39 is 15.8 Å². The fourth-order valence-corrected chi connectivity index (χ4v) is 2.99. The highest BCUT2D eigenvalue weighted by Crippen LogP contribution is 2.18. The van der Waals surface area contributed by atoms with Crippen molar-refractivity contribution < 1.29 is 12.8 Å². The number of sulfonamides is 1. The van der Waals surface area contributed by atoms with E-state index in [4.69, 9.17) is 5.73 Å². The summed E-state index contributed by atoms with van der Waals surface area (Å²) >= 11 is 0. The van der Waals surface area contributed by atoms with Crippen LogP contribution in [-0.4, -0.2) is 14.5 Å². The number of hydrogen-bond donors (Lipinski definition) is 2. The Labute approximate surface area is 101 Å². The van der Waals surface area contributed by atoms with Crippen LogP contribution in [0.2, 0.25) is 0 Å². The predicted molar refractivity (Wildman–Crippen MR) is 64.4 cm³/mol. The minimum atomic E-state index is -3.71. The third-order valence-corrected chi connectivity index (χ3v) is 4.21. The van der Waals surface area contributed by atoms with Crippen LogP contribution in [-0.2, 0) is 16.6 Å². The normalized spacial score (nSPS) is 13.6. The molecule has 1 unspecified atom stereocenters. The minimum absolute atomic E-state index is 0.0169. The zero-order valence-electron chi connectivity index (χ0n) is 9.90. The predicted octanol–water partition coefficient (Wildman–Crippen LogP) is 1.36. The number of benzene rings is 1. The van der Waals surface area contributed by atoms with Gasteiger partial charge < -0.3 is 5.73 Å². The Balaban J connectivity index is 3.19. The molecule has 1 rings (SSSR count). The standard InChI is InChI=1S/C11H17FN2O2S/c1-3-8(2)14-17(15,16)11-6-4-5-10(12)9(11)7-13/h4-6,8,14H,3,7,13H2,1-2H3. The van der Waals surface area contributed by atoms with Crippen LogP contribution in [0.3, 0.4) is 0 Å². The van der Waals surface area contributed by atoms with Crippen LogP contribution in [0.25, 0.3) is 0 Å².